The summed E-state index contributed by atoms with van der Waals surface area (Å²) >= 11 is 0. The Morgan fingerprint density at radius 1 is 1.17 bits per heavy atom. The maximum atomic E-state index is 11.5. The lowest BCUT2D eigenvalue weighted by Gasteiger charge is -2.58. The van der Waals surface area contributed by atoms with E-state index in [1.807, 2.05) is 0 Å². The van der Waals surface area contributed by atoms with Crippen molar-refractivity contribution in [1.82, 2.24) is 0 Å². The lowest BCUT2D eigenvalue weighted by Crippen LogP contribution is -2.51. The molecule has 10 atom stereocenters. The molecule has 3 N–H and O–H groups in total. The fraction of sp³-hybridized carbons (Fsp3) is 0.900. The smallest absolute Gasteiger partial charge is 0.302 e. The summed E-state index contributed by atoms with van der Waals surface area (Å²) in [4.78, 5) is 11.5. The highest BCUT2D eigenvalue weighted by molar-refractivity contribution is 5.66. The van der Waals surface area contributed by atoms with Crippen LogP contribution in [0.15, 0.2) is 11.6 Å². The van der Waals surface area contributed by atoms with Gasteiger partial charge in [-0.1, -0.05) is 32.4 Å². The summed E-state index contributed by atoms with van der Waals surface area (Å²) in [6.45, 7) is 12.0. The topological polar surface area (TPSA) is 87.0 Å². The van der Waals surface area contributed by atoms with Crippen LogP contribution in [0.4, 0.5) is 0 Å². The summed E-state index contributed by atoms with van der Waals surface area (Å²) < 4.78 is 5.59. The molecule has 0 aromatic heterocycles. The molecule has 4 unspecified atom stereocenters. The van der Waals surface area contributed by atoms with E-state index in [4.69, 9.17) is 4.74 Å². The van der Waals surface area contributed by atoms with Crippen molar-refractivity contribution in [2.45, 2.75) is 117 Å². The summed E-state index contributed by atoms with van der Waals surface area (Å²) in [5.74, 6) is 2.23. The number of hydrogen-bond acceptors (Lipinski definition) is 5. The predicted octanol–water partition coefficient (Wildman–Crippen LogP) is 5.26. The quantitative estimate of drug-likeness (QED) is 0.335. The van der Waals surface area contributed by atoms with Gasteiger partial charge in [0.25, 0.3) is 0 Å². The van der Waals surface area contributed by atoms with Gasteiger partial charge in [-0.25, -0.2) is 0 Å². The third-order valence-corrected chi connectivity index (χ3v) is 11.5. The Bertz CT molecular complexity index is 814. The molecule has 200 valence electrons. The molecule has 5 nitrogen and oxygen atoms in total. The van der Waals surface area contributed by atoms with Gasteiger partial charge in [0, 0.05) is 25.9 Å². The number of esters is 1. The largest absolute Gasteiger partial charge is 0.462 e. The molecule has 0 spiro atoms. The normalized spacial score (nSPS) is 41.6. The predicted molar refractivity (Wildman–Crippen MR) is 137 cm³/mol. The number of carbonyl (C=O) groups is 1. The van der Waals surface area contributed by atoms with Crippen molar-refractivity contribution >= 4 is 5.97 Å². The first-order chi connectivity index (χ1) is 16.3. The Kier molecular flexibility index (Phi) is 7.57. The van der Waals surface area contributed by atoms with Gasteiger partial charge in [0.15, 0.2) is 0 Å². The van der Waals surface area contributed by atoms with Gasteiger partial charge in [-0.05, 0) is 106 Å². The van der Waals surface area contributed by atoms with Gasteiger partial charge in [-0.2, -0.15) is 0 Å². The van der Waals surface area contributed by atoms with E-state index in [0.29, 0.717) is 30.1 Å². The monoisotopic (exact) mass is 490 g/mol. The van der Waals surface area contributed by atoms with Crippen LogP contribution >= 0.6 is 0 Å². The summed E-state index contributed by atoms with van der Waals surface area (Å²) in [6.07, 6.45) is 11.5. The molecule has 4 aliphatic carbocycles. The number of hydrogen-bond donors (Lipinski definition) is 3. The Morgan fingerprint density at radius 3 is 2.51 bits per heavy atom. The minimum absolute atomic E-state index is 0.0436. The molecule has 3 fully saturated rings. The molecule has 4 rings (SSSR count). The number of aliphatic hydroxyl groups excluding tert-OH is 2. The van der Waals surface area contributed by atoms with E-state index >= 15 is 0 Å². The number of aliphatic hydroxyl groups is 3. The van der Waals surface area contributed by atoms with Crippen molar-refractivity contribution in [2.24, 2.45) is 46.3 Å². The van der Waals surface area contributed by atoms with E-state index in [1.165, 1.54) is 31.8 Å². The first kappa shape index (κ1) is 27.1. The third-order valence-electron chi connectivity index (χ3n) is 11.5. The number of allylic oxidation sites excluding steroid dienone is 1. The van der Waals surface area contributed by atoms with Crippen molar-refractivity contribution in [3.63, 3.8) is 0 Å². The van der Waals surface area contributed by atoms with Gasteiger partial charge in [0.1, 0.15) is 6.10 Å². The van der Waals surface area contributed by atoms with Crippen LogP contribution in [-0.2, 0) is 9.53 Å². The highest BCUT2D eigenvalue weighted by Gasteiger charge is 2.59. The first-order valence-electron chi connectivity index (χ1n) is 14.2. The van der Waals surface area contributed by atoms with Crippen molar-refractivity contribution in [2.75, 3.05) is 6.61 Å². The zero-order valence-electron chi connectivity index (χ0n) is 22.9. The Balaban J connectivity index is 1.48. The Hall–Kier alpha value is -0.910. The van der Waals surface area contributed by atoms with Crippen LogP contribution in [0.3, 0.4) is 0 Å². The van der Waals surface area contributed by atoms with Gasteiger partial charge in [-0.15, -0.1) is 0 Å². The second-order valence-corrected chi connectivity index (χ2v) is 13.7. The fourth-order valence-corrected chi connectivity index (χ4v) is 9.23. The van der Waals surface area contributed by atoms with Gasteiger partial charge in [-0.3, -0.25) is 4.79 Å². The maximum Gasteiger partial charge on any atom is 0.302 e. The van der Waals surface area contributed by atoms with E-state index < -0.39 is 11.7 Å². The molecule has 4 aliphatic rings. The molecular weight excluding hydrogens is 440 g/mol. The standard InChI is InChI=1S/C30H50O5/c1-18(27(33)16-21(17-31)28(3,4)34)24-9-10-25-23-8-7-20-15-22(35-19(2)32)11-13-29(20,5)26(23)12-14-30(24,25)6/h7,18,21-27,31,33-34H,8-17H2,1-6H3/t18-,21?,22-,23?,24+,25?,26?,27+,29-,30+/m0/s1. The van der Waals surface area contributed by atoms with Crippen molar-refractivity contribution in [3.8, 4) is 0 Å². The first-order valence-corrected chi connectivity index (χ1v) is 14.2. The number of ether oxygens (including phenoxy) is 1. The van der Waals surface area contributed by atoms with Gasteiger partial charge < -0.3 is 20.1 Å². The van der Waals surface area contributed by atoms with Gasteiger partial charge in [0.2, 0.25) is 0 Å². The van der Waals surface area contributed by atoms with Crippen molar-refractivity contribution < 1.29 is 24.9 Å². The van der Waals surface area contributed by atoms with E-state index in [0.717, 1.165) is 32.1 Å². The van der Waals surface area contributed by atoms with Gasteiger partial charge >= 0.3 is 5.97 Å². The average molecular weight is 491 g/mol. The summed E-state index contributed by atoms with van der Waals surface area (Å²) in [5, 5.41) is 31.4. The van der Waals surface area contributed by atoms with Crippen LogP contribution in [0.2, 0.25) is 0 Å². The molecule has 3 saturated carbocycles. The fourth-order valence-electron chi connectivity index (χ4n) is 9.23. The zero-order valence-corrected chi connectivity index (χ0v) is 22.9. The van der Waals surface area contributed by atoms with Crippen LogP contribution in [0.5, 0.6) is 0 Å². The van der Waals surface area contributed by atoms with Crippen LogP contribution in [0.25, 0.3) is 0 Å². The van der Waals surface area contributed by atoms with Gasteiger partial charge in [0.05, 0.1) is 11.7 Å². The molecule has 0 aromatic rings. The van der Waals surface area contributed by atoms with E-state index in [2.05, 4.69) is 26.8 Å². The van der Waals surface area contributed by atoms with Crippen LogP contribution in [-0.4, -0.2) is 45.7 Å². The zero-order chi connectivity index (χ0) is 25.8. The number of rotatable bonds is 7. The second kappa shape index (κ2) is 9.76. The highest BCUT2D eigenvalue weighted by atomic mass is 16.5. The lowest BCUT2D eigenvalue weighted by molar-refractivity contribution is -0.148. The Labute approximate surface area is 212 Å². The van der Waals surface area contributed by atoms with E-state index in [-0.39, 0.29) is 41.3 Å². The van der Waals surface area contributed by atoms with Crippen LogP contribution in [0, 0.1) is 46.3 Å². The molecule has 5 heteroatoms. The third kappa shape index (κ3) is 4.86. The Morgan fingerprint density at radius 2 is 1.89 bits per heavy atom. The molecule has 0 heterocycles. The van der Waals surface area contributed by atoms with Crippen molar-refractivity contribution in [1.29, 1.82) is 0 Å². The van der Waals surface area contributed by atoms with Crippen LogP contribution in [0.1, 0.15) is 99.3 Å². The van der Waals surface area contributed by atoms with E-state index in [1.54, 1.807) is 13.8 Å². The molecule has 0 saturated heterocycles. The van der Waals surface area contributed by atoms with E-state index in [9.17, 15) is 20.1 Å². The molecule has 0 aromatic carbocycles. The molecular formula is C30H50O5. The molecule has 0 amide bonds. The summed E-state index contributed by atoms with van der Waals surface area (Å²) in [7, 11) is 0. The molecule has 0 radical (unpaired) electrons. The average Bonchev–Trinajstić information content (AvgIpc) is 3.13. The SMILES string of the molecule is CC(=O)O[C@H]1CC[C@@]2(C)C(=CCC3C2CC[C@@]2(C)C3CC[C@@H]2[C@H](C)[C@H](O)CC(CO)C(C)(C)O)C1. The molecule has 0 aliphatic heterocycles. The molecule has 35 heavy (non-hydrogen) atoms. The summed E-state index contributed by atoms with van der Waals surface area (Å²) in [6, 6.07) is 0. The van der Waals surface area contributed by atoms with Crippen molar-refractivity contribution in [3.05, 3.63) is 11.6 Å². The minimum Gasteiger partial charge on any atom is -0.462 e. The summed E-state index contributed by atoms with van der Waals surface area (Å²) in [5.41, 5.74) is 0.998. The number of fused-ring (bicyclic) bond motifs is 5. The van der Waals surface area contributed by atoms with Crippen LogP contribution < -0.4 is 0 Å². The minimum atomic E-state index is -0.994. The number of carbonyl (C=O) groups excluding carboxylic acids is 1. The maximum absolute atomic E-state index is 11.5. The highest BCUT2D eigenvalue weighted by Crippen LogP contribution is 2.67. The lowest BCUT2D eigenvalue weighted by atomic mass is 9.47. The second-order valence-electron chi connectivity index (χ2n) is 13.7. The molecule has 0 bridgehead atoms.